The fourth-order valence-electron chi connectivity index (χ4n) is 3.27. The Labute approximate surface area is 156 Å². The van der Waals surface area contributed by atoms with Gasteiger partial charge in [-0.25, -0.2) is 0 Å². The Kier molecular flexibility index (Phi) is 7.16. The molecule has 0 unspecified atom stereocenters. The lowest BCUT2D eigenvalue weighted by Crippen LogP contribution is -2.22. The lowest BCUT2D eigenvalue weighted by molar-refractivity contribution is 0.324. The van der Waals surface area contributed by atoms with Crippen LogP contribution in [-0.2, 0) is 6.54 Å². The summed E-state index contributed by atoms with van der Waals surface area (Å²) in [6.45, 7) is 9.56. The van der Waals surface area contributed by atoms with E-state index in [4.69, 9.17) is 9.98 Å². The van der Waals surface area contributed by atoms with Crippen molar-refractivity contribution in [2.75, 3.05) is 13.1 Å². The second-order valence-electron chi connectivity index (χ2n) is 6.93. The molecule has 140 valence electrons. The third kappa shape index (κ3) is 6.48. The number of rotatable bonds is 6. The number of benzene rings is 1. The normalized spacial score (nSPS) is 23.5. The summed E-state index contributed by atoms with van der Waals surface area (Å²) in [7, 11) is 0. The van der Waals surface area contributed by atoms with Crippen LogP contribution in [0, 0.1) is 0 Å². The van der Waals surface area contributed by atoms with Crippen LogP contribution < -0.4 is 0 Å². The summed E-state index contributed by atoms with van der Waals surface area (Å²) in [5.74, 6) is 0.501. The Morgan fingerprint density at radius 1 is 0.923 bits per heavy atom. The van der Waals surface area contributed by atoms with Crippen LogP contribution in [0.25, 0.3) is 0 Å². The number of aliphatic imine (C=N–C) groups is 2. The molecule has 2 atom stereocenters. The fourth-order valence-corrected chi connectivity index (χ4v) is 3.27. The highest BCUT2D eigenvalue weighted by atomic mass is 16.3. The average Bonchev–Trinajstić information content (AvgIpc) is 2.87. The van der Waals surface area contributed by atoms with Gasteiger partial charge in [0.15, 0.2) is 0 Å². The van der Waals surface area contributed by atoms with Crippen LogP contribution in [0.1, 0.15) is 33.3 Å². The zero-order valence-electron chi connectivity index (χ0n) is 16.1. The van der Waals surface area contributed by atoms with Gasteiger partial charge in [-0.1, -0.05) is 30.3 Å². The van der Waals surface area contributed by atoms with Crippen molar-refractivity contribution in [2.45, 2.75) is 46.3 Å². The largest absolute Gasteiger partial charge is 0.513 e. The highest BCUT2D eigenvalue weighted by Crippen LogP contribution is 2.20. The van der Waals surface area contributed by atoms with Gasteiger partial charge in [-0.2, -0.15) is 0 Å². The second-order valence-corrected chi connectivity index (χ2v) is 6.93. The Morgan fingerprint density at radius 3 is 1.81 bits per heavy atom. The number of hydrogen-bond acceptors (Lipinski definition) is 5. The van der Waals surface area contributed by atoms with Crippen LogP contribution in [0.3, 0.4) is 0 Å². The molecule has 0 aromatic heterocycles. The van der Waals surface area contributed by atoms with E-state index in [1.54, 1.807) is 26.0 Å². The van der Waals surface area contributed by atoms with E-state index in [9.17, 15) is 10.2 Å². The molecule has 0 saturated carbocycles. The van der Waals surface area contributed by atoms with Gasteiger partial charge in [0.25, 0.3) is 0 Å². The van der Waals surface area contributed by atoms with E-state index in [0.29, 0.717) is 0 Å². The summed E-state index contributed by atoms with van der Waals surface area (Å²) in [5.41, 5.74) is 2.86. The van der Waals surface area contributed by atoms with Crippen molar-refractivity contribution >= 4 is 11.4 Å². The average molecular weight is 355 g/mol. The Hall–Kier alpha value is -2.40. The van der Waals surface area contributed by atoms with E-state index in [-0.39, 0.29) is 23.6 Å². The summed E-state index contributed by atoms with van der Waals surface area (Å²) in [6.07, 6.45) is 3.34. The molecule has 1 aromatic rings. The lowest BCUT2D eigenvalue weighted by Gasteiger charge is -2.14. The van der Waals surface area contributed by atoms with Crippen molar-refractivity contribution < 1.29 is 10.2 Å². The number of aliphatic hydroxyl groups is 2. The monoisotopic (exact) mass is 355 g/mol. The van der Waals surface area contributed by atoms with Crippen LogP contribution >= 0.6 is 0 Å². The van der Waals surface area contributed by atoms with Gasteiger partial charge in [-0.3, -0.25) is 14.9 Å². The summed E-state index contributed by atoms with van der Waals surface area (Å²) in [5, 5.41) is 18.9. The first kappa shape index (κ1) is 19.9. The van der Waals surface area contributed by atoms with Crippen molar-refractivity contribution in [3.05, 3.63) is 59.6 Å². The molecule has 0 spiro atoms. The smallest absolute Gasteiger partial charge is 0.0909 e. The van der Waals surface area contributed by atoms with Crippen molar-refractivity contribution in [3.63, 3.8) is 0 Å². The van der Waals surface area contributed by atoms with Gasteiger partial charge < -0.3 is 10.2 Å². The molecule has 5 heteroatoms. The predicted octanol–water partition coefficient (Wildman–Crippen LogP) is 4.08. The molecule has 0 aliphatic carbocycles. The Bertz CT molecular complexity index is 670. The van der Waals surface area contributed by atoms with E-state index in [0.717, 1.165) is 31.1 Å². The first-order valence-corrected chi connectivity index (χ1v) is 8.93. The van der Waals surface area contributed by atoms with E-state index >= 15 is 0 Å². The van der Waals surface area contributed by atoms with Crippen LogP contribution in [0.5, 0.6) is 0 Å². The van der Waals surface area contributed by atoms with Gasteiger partial charge in [0.05, 0.1) is 23.6 Å². The molecule has 1 fully saturated rings. The fraction of sp³-hybridized carbons (Fsp3) is 0.429. The zero-order chi connectivity index (χ0) is 19.1. The highest BCUT2D eigenvalue weighted by Gasteiger charge is 2.32. The summed E-state index contributed by atoms with van der Waals surface area (Å²) in [6, 6.07) is 10.4. The molecular formula is C21H29N3O2. The SMILES string of the molecule is C/C(O)=C/C(C)=N/[C@@H]1CN(Cc2ccccc2)C[C@H]1/N=C(C)/C=C(/C)O. The molecule has 26 heavy (non-hydrogen) atoms. The number of hydrogen-bond donors (Lipinski definition) is 2. The maximum atomic E-state index is 9.46. The zero-order valence-corrected chi connectivity index (χ0v) is 16.1. The molecule has 5 nitrogen and oxygen atoms in total. The second kappa shape index (κ2) is 9.34. The van der Waals surface area contributed by atoms with Crippen LogP contribution in [0.15, 0.2) is 64.0 Å². The highest BCUT2D eigenvalue weighted by molar-refractivity contribution is 5.94. The van der Waals surface area contributed by atoms with E-state index in [1.807, 2.05) is 19.9 Å². The molecule has 2 rings (SSSR count). The van der Waals surface area contributed by atoms with Crippen molar-refractivity contribution in [1.29, 1.82) is 0 Å². The van der Waals surface area contributed by atoms with Gasteiger partial charge in [0, 0.05) is 31.1 Å². The molecule has 1 heterocycles. The minimum Gasteiger partial charge on any atom is -0.513 e. The molecule has 0 bridgehead atoms. The quantitative estimate of drug-likeness (QED) is 0.597. The molecule has 0 amide bonds. The van der Waals surface area contributed by atoms with E-state index in [1.165, 1.54) is 5.56 Å². The van der Waals surface area contributed by atoms with Gasteiger partial charge in [-0.15, -0.1) is 0 Å². The molecule has 1 aliphatic rings. The van der Waals surface area contributed by atoms with Crippen LogP contribution in [-0.4, -0.2) is 51.7 Å². The van der Waals surface area contributed by atoms with Crippen LogP contribution in [0.4, 0.5) is 0 Å². The van der Waals surface area contributed by atoms with Crippen molar-refractivity contribution in [2.24, 2.45) is 9.98 Å². The molecule has 2 N–H and O–H groups in total. The van der Waals surface area contributed by atoms with Crippen LogP contribution in [0.2, 0.25) is 0 Å². The molecule has 1 aromatic carbocycles. The third-order valence-corrected chi connectivity index (χ3v) is 4.16. The summed E-state index contributed by atoms with van der Waals surface area (Å²) < 4.78 is 0. The minimum absolute atomic E-state index is 0.0247. The lowest BCUT2D eigenvalue weighted by atomic mass is 10.1. The number of allylic oxidation sites excluding steroid dienone is 4. The number of nitrogens with zero attached hydrogens (tertiary/aromatic N) is 3. The van der Waals surface area contributed by atoms with Crippen molar-refractivity contribution in [3.8, 4) is 0 Å². The Morgan fingerprint density at radius 2 is 1.38 bits per heavy atom. The summed E-state index contributed by atoms with van der Waals surface area (Å²) in [4.78, 5) is 11.9. The Balaban J connectivity index is 2.20. The number of aliphatic hydroxyl groups excluding tert-OH is 2. The maximum absolute atomic E-state index is 9.46. The topological polar surface area (TPSA) is 68.4 Å². The minimum atomic E-state index is 0.0247. The molecule has 1 saturated heterocycles. The summed E-state index contributed by atoms with van der Waals surface area (Å²) >= 11 is 0. The first-order valence-electron chi connectivity index (χ1n) is 8.93. The van der Waals surface area contributed by atoms with Gasteiger partial charge in [-0.05, 0) is 45.4 Å². The standard InChI is InChI=1S/C21H29N3O2/c1-15(10-17(3)25)22-20-13-24(12-19-8-6-5-7-9-19)14-21(20)23-16(2)11-18(4)26/h5-11,20-21,25-26H,12-14H2,1-4H3/b17-10-,18-11-,22-15+,23-16+/t20-,21-/m1/s1. The number of likely N-dealkylation sites (tertiary alicyclic amines) is 1. The third-order valence-electron chi connectivity index (χ3n) is 4.16. The predicted molar refractivity (Wildman–Crippen MR) is 108 cm³/mol. The molecule has 0 radical (unpaired) electrons. The maximum Gasteiger partial charge on any atom is 0.0909 e. The molecule has 1 aliphatic heterocycles. The molecular weight excluding hydrogens is 326 g/mol. The van der Waals surface area contributed by atoms with Gasteiger partial charge in [0.1, 0.15) is 0 Å². The van der Waals surface area contributed by atoms with E-state index in [2.05, 4.69) is 29.2 Å². The van der Waals surface area contributed by atoms with Gasteiger partial charge in [0.2, 0.25) is 0 Å². The van der Waals surface area contributed by atoms with Gasteiger partial charge >= 0.3 is 0 Å². The van der Waals surface area contributed by atoms with Crippen molar-refractivity contribution in [1.82, 2.24) is 4.90 Å². The van der Waals surface area contributed by atoms with E-state index < -0.39 is 0 Å². The first-order chi connectivity index (χ1) is 12.3.